The van der Waals surface area contributed by atoms with Crippen molar-refractivity contribution >= 4 is 16.9 Å². The molecule has 0 amide bonds. The van der Waals surface area contributed by atoms with Crippen LogP contribution in [0.15, 0.2) is 60.7 Å². The third kappa shape index (κ3) is 2.42. The number of benzene rings is 2. The van der Waals surface area contributed by atoms with Gasteiger partial charge in [-0.1, -0.05) is 42.5 Å². The molecule has 138 valence electrons. The van der Waals surface area contributed by atoms with Crippen molar-refractivity contribution in [2.45, 2.75) is 50.1 Å². The van der Waals surface area contributed by atoms with Gasteiger partial charge in [0.2, 0.25) is 0 Å². The zero-order valence-electron chi connectivity index (χ0n) is 15.9. The topological polar surface area (TPSA) is 29.3 Å². The Bertz CT molecular complexity index is 902. The fourth-order valence-electron chi connectivity index (χ4n) is 6.19. The summed E-state index contributed by atoms with van der Waals surface area (Å²) in [5.74, 6) is 2.40. The Morgan fingerprint density at radius 1 is 0.926 bits per heavy atom. The molecule has 0 saturated heterocycles. The van der Waals surface area contributed by atoms with Gasteiger partial charge in [0.1, 0.15) is 0 Å². The minimum absolute atomic E-state index is 0.227. The van der Waals surface area contributed by atoms with Gasteiger partial charge >= 0.3 is 0 Å². The molecule has 2 aromatic carbocycles. The maximum Gasteiger partial charge on any atom is 0.0595 e. The number of allylic oxidation sites excluding steroid dienone is 1. The molecule has 0 bridgehead atoms. The standard InChI is InChI=1S/C25H28N2/c26-25-13-12-18(14-19(25)16-25)17-10-11-24-22(15-17)21-8-4-5-9-23(21)27(24)20-6-2-1-3-7-20/h1-9,15,17-19,24H,10-14,16,26H2. The maximum absolute atomic E-state index is 6.45. The molecule has 6 rings (SSSR count). The Morgan fingerprint density at radius 3 is 2.59 bits per heavy atom. The van der Waals surface area contributed by atoms with Gasteiger partial charge in [-0.3, -0.25) is 0 Å². The van der Waals surface area contributed by atoms with Crippen molar-refractivity contribution in [1.82, 2.24) is 0 Å². The third-order valence-electron chi connectivity index (χ3n) is 7.80. The van der Waals surface area contributed by atoms with Crippen molar-refractivity contribution < 1.29 is 0 Å². The lowest BCUT2D eigenvalue weighted by atomic mass is 9.72. The predicted molar refractivity (Wildman–Crippen MR) is 112 cm³/mol. The van der Waals surface area contributed by atoms with E-state index in [2.05, 4.69) is 65.6 Å². The first kappa shape index (κ1) is 15.9. The van der Waals surface area contributed by atoms with Gasteiger partial charge in [-0.15, -0.1) is 0 Å². The Labute approximate surface area is 162 Å². The van der Waals surface area contributed by atoms with Crippen LogP contribution in [0, 0.1) is 17.8 Å². The summed E-state index contributed by atoms with van der Waals surface area (Å²) in [6, 6.07) is 20.4. The number of nitrogens with two attached hydrogens (primary N) is 1. The molecule has 2 heteroatoms. The number of nitrogens with zero attached hydrogens (tertiary/aromatic N) is 1. The summed E-state index contributed by atoms with van der Waals surface area (Å²) in [5.41, 5.74) is 12.4. The van der Waals surface area contributed by atoms with Crippen LogP contribution in [0.1, 0.15) is 44.1 Å². The van der Waals surface area contributed by atoms with Crippen LogP contribution in [0.5, 0.6) is 0 Å². The van der Waals surface area contributed by atoms with Crippen LogP contribution in [0.4, 0.5) is 11.4 Å². The molecule has 0 aromatic heterocycles. The summed E-state index contributed by atoms with van der Waals surface area (Å²) in [6.45, 7) is 0. The average Bonchev–Trinajstić information content (AvgIpc) is 3.29. The molecule has 2 saturated carbocycles. The van der Waals surface area contributed by atoms with Crippen molar-refractivity contribution in [3.8, 4) is 0 Å². The van der Waals surface area contributed by atoms with Crippen LogP contribution in [0.3, 0.4) is 0 Å². The summed E-state index contributed by atoms with van der Waals surface area (Å²) < 4.78 is 0. The van der Waals surface area contributed by atoms with E-state index in [1.807, 2.05) is 0 Å². The van der Waals surface area contributed by atoms with Gasteiger partial charge < -0.3 is 10.6 Å². The molecule has 5 atom stereocenters. The second-order valence-electron chi connectivity index (χ2n) is 9.27. The Morgan fingerprint density at radius 2 is 1.74 bits per heavy atom. The van der Waals surface area contributed by atoms with Crippen LogP contribution in [0.2, 0.25) is 0 Å². The SMILES string of the molecule is NC12CCC(C3C=C4c5ccccc5N(c5ccccc5)C4CC3)CC1C2. The summed E-state index contributed by atoms with van der Waals surface area (Å²) in [4.78, 5) is 2.57. The highest BCUT2D eigenvalue weighted by molar-refractivity contribution is 5.92. The fraction of sp³-hybridized carbons (Fsp3) is 0.440. The summed E-state index contributed by atoms with van der Waals surface area (Å²) in [7, 11) is 0. The maximum atomic E-state index is 6.45. The molecule has 2 N–H and O–H groups in total. The first-order valence-electron chi connectivity index (χ1n) is 10.7. The average molecular weight is 357 g/mol. The summed E-state index contributed by atoms with van der Waals surface area (Å²) >= 11 is 0. The van der Waals surface area contributed by atoms with Crippen LogP contribution in [-0.4, -0.2) is 11.6 Å². The molecule has 4 aliphatic rings. The van der Waals surface area contributed by atoms with Crippen molar-refractivity contribution in [3.63, 3.8) is 0 Å². The van der Waals surface area contributed by atoms with E-state index in [-0.39, 0.29) is 5.54 Å². The number of rotatable bonds is 2. The number of anilines is 2. The largest absolute Gasteiger partial charge is 0.333 e. The van der Waals surface area contributed by atoms with Gasteiger partial charge in [0.15, 0.2) is 0 Å². The molecule has 27 heavy (non-hydrogen) atoms. The lowest BCUT2D eigenvalue weighted by Crippen LogP contribution is -2.35. The highest BCUT2D eigenvalue weighted by Crippen LogP contribution is 2.57. The molecule has 2 nitrogen and oxygen atoms in total. The molecule has 1 aliphatic heterocycles. The minimum atomic E-state index is 0.227. The first-order chi connectivity index (χ1) is 13.2. The highest BCUT2D eigenvalue weighted by Gasteiger charge is 2.54. The molecular weight excluding hydrogens is 328 g/mol. The van der Waals surface area contributed by atoms with E-state index in [1.54, 1.807) is 5.57 Å². The Kier molecular flexibility index (Phi) is 3.38. The lowest BCUT2D eigenvalue weighted by molar-refractivity contribution is 0.244. The first-order valence-corrected chi connectivity index (χ1v) is 10.7. The van der Waals surface area contributed by atoms with Crippen LogP contribution in [-0.2, 0) is 0 Å². The normalized spacial score (nSPS) is 36.5. The van der Waals surface area contributed by atoms with Gasteiger partial charge in [-0.2, -0.15) is 0 Å². The van der Waals surface area contributed by atoms with Crippen LogP contribution < -0.4 is 10.6 Å². The fourth-order valence-corrected chi connectivity index (χ4v) is 6.19. The molecule has 3 aliphatic carbocycles. The van der Waals surface area contributed by atoms with Gasteiger partial charge in [0.05, 0.1) is 6.04 Å². The summed E-state index contributed by atoms with van der Waals surface area (Å²) in [6.07, 6.45) is 10.5. The molecule has 5 unspecified atom stereocenters. The van der Waals surface area contributed by atoms with Crippen LogP contribution in [0.25, 0.3) is 5.57 Å². The van der Waals surface area contributed by atoms with E-state index in [4.69, 9.17) is 5.73 Å². The molecule has 2 aromatic rings. The second kappa shape index (κ2) is 5.72. The highest BCUT2D eigenvalue weighted by atomic mass is 15.2. The van der Waals surface area contributed by atoms with Crippen molar-refractivity contribution in [1.29, 1.82) is 0 Å². The molecule has 0 radical (unpaired) electrons. The molecule has 2 fully saturated rings. The van der Waals surface area contributed by atoms with Gasteiger partial charge in [-0.25, -0.2) is 0 Å². The zero-order valence-corrected chi connectivity index (χ0v) is 15.9. The number of hydrogen-bond acceptors (Lipinski definition) is 2. The van der Waals surface area contributed by atoms with E-state index < -0.39 is 0 Å². The van der Waals surface area contributed by atoms with Crippen LogP contribution >= 0.6 is 0 Å². The van der Waals surface area contributed by atoms with E-state index in [0.29, 0.717) is 6.04 Å². The number of para-hydroxylation sites is 2. The van der Waals surface area contributed by atoms with Crippen molar-refractivity contribution in [2.24, 2.45) is 23.5 Å². The third-order valence-corrected chi connectivity index (χ3v) is 7.80. The molecule has 0 spiro atoms. The minimum Gasteiger partial charge on any atom is -0.333 e. The number of fused-ring (bicyclic) bond motifs is 4. The lowest BCUT2D eigenvalue weighted by Gasteiger charge is -2.37. The monoisotopic (exact) mass is 356 g/mol. The van der Waals surface area contributed by atoms with E-state index >= 15 is 0 Å². The van der Waals surface area contributed by atoms with Gasteiger partial charge in [0.25, 0.3) is 0 Å². The van der Waals surface area contributed by atoms with E-state index in [1.165, 1.54) is 55.5 Å². The second-order valence-corrected chi connectivity index (χ2v) is 9.27. The predicted octanol–water partition coefficient (Wildman–Crippen LogP) is 5.52. The van der Waals surface area contributed by atoms with E-state index in [9.17, 15) is 0 Å². The van der Waals surface area contributed by atoms with Gasteiger partial charge in [0, 0.05) is 22.5 Å². The Balaban J connectivity index is 1.36. The Hall–Kier alpha value is -2.06. The van der Waals surface area contributed by atoms with Gasteiger partial charge in [-0.05, 0) is 80.1 Å². The zero-order chi connectivity index (χ0) is 18.0. The summed E-state index contributed by atoms with van der Waals surface area (Å²) in [5, 5.41) is 0. The smallest absolute Gasteiger partial charge is 0.0595 e. The molecular formula is C25H28N2. The quantitative estimate of drug-likeness (QED) is 0.768. The van der Waals surface area contributed by atoms with E-state index in [0.717, 1.165) is 17.8 Å². The number of hydrogen-bond donors (Lipinski definition) is 1. The molecule has 1 heterocycles. The van der Waals surface area contributed by atoms with Crippen molar-refractivity contribution in [3.05, 3.63) is 66.2 Å². The van der Waals surface area contributed by atoms with Crippen molar-refractivity contribution in [2.75, 3.05) is 4.90 Å².